The summed E-state index contributed by atoms with van der Waals surface area (Å²) in [6.07, 6.45) is 8.06. The smallest absolute Gasteiger partial charge is 0.259 e. The summed E-state index contributed by atoms with van der Waals surface area (Å²) in [5.41, 5.74) is 4.19. The molecule has 1 amide bonds. The van der Waals surface area contributed by atoms with E-state index in [9.17, 15) is 13.6 Å². The normalized spacial score (nSPS) is 15.7. The number of nitrogens with one attached hydrogen (secondary N) is 1. The van der Waals surface area contributed by atoms with E-state index in [0.29, 0.717) is 40.8 Å². The molecule has 0 radical (unpaired) electrons. The topological polar surface area (TPSA) is 75.4 Å². The maximum Gasteiger partial charge on any atom is 0.259 e. The second kappa shape index (κ2) is 8.43. The maximum absolute atomic E-state index is 14.5. The number of pyridine rings is 1. The van der Waals surface area contributed by atoms with Crippen molar-refractivity contribution in [2.75, 3.05) is 16.8 Å². The van der Waals surface area contributed by atoms with E-state index in [1.807, 2.05) is 12.1 Å². The van der Waals surface area contributed by atoms with Crippen LogP contribution in [0.3, 0.4) is 0 Å². The lowest BCUT2D eigenvalue weighted by molar-refractivity contribution is 0.102. The highest BCUT2D eigenvalue weighted by Crippen LogP contribution is 2.38. The zero-order valence-corrected chi connectivity index (χ0v) is 18.5. The summed E-state index contributed by atoms with van der Waals surface area (Å²) in [7, 11) is 0. The van der Waals surface area contributed by atoms with Gasteiger partial charge in [0.05, 0.1) is 34.4 Å². The molecule has 1 atom stereocenters. The number of hydrogen-bond donors (Lipinski definition) is 1. The average molecular weight is 470 g/mol. The summed E-state index contributed by atoms with van der Waals surface area (Å²) in [6, 6.07) is 12.3. The zero-order chi connectivity index (χ0) is 23.9. The molecule has 0 saturated carbocycles. The highest BCUT2D eigenvalue weighted by Gasteiger charge is 2.29. The number of fused-ring (bicyclic) bond motifs is 2. The predicted octanol–water partition coefficient (Wildman–Crippen LogP) is 5.15. The van der Waals surface area contributed by atoms with Gasteiger partial charge in [0.25, 0.3) is 5.91 Å². The first-order valence-corrected chi connectivity index (χ1v) is 11.3. The van der Waals surface area contributed by atoms with Crippen molar-refractivity contribution in [1.82, 2.24) is 19.6 Å². The van der Waals surface area contributed by atoms with Gasteiger partial charge in [0.15, 0.2) is 0 Å². The standard InChI is InChI=1S/C26H20F2N6O/c27-16-3-5-21(28)19(12-16)24-2-1-10-33(24)18-7-11-34-25(14-18)20(15-31-34)26(35)32-17-4-6-22-23(13-17)30-9-8-29-22/h3-9,11-15,24H,1-2,10H2,(H,32,35)/t24-/m1/s1. The number of aromatic nitrogens is 4. The highest BCUT2D eigenvalue weighted by atomic mass is 19.1. The number of hydrogen-bond acceptors (Lipinski definition) is 5. The Balaban J connectivity index is 1.32. The summed E-state index contributed by atoms with van der Waals surface area (Å²) in [5, 5.41) is 7.21. The van der Waals surface area contributed by atoms with Crippen LogP contribution in [0.15, 0.2) is 73.3 Å². The molecule has 0 bridgehead atoms. The summed E-state index contributed by atoms with van der Waals surface area (Å²) in [6.45, 7) is 0.699. The molecule has 1 aliphatic rings. The van der Waals surface area contributed by atoms with Crippen LogP contribution in [0.4, 0.5) is 20.2 Å². The van der Waals surface area contributed by atoms with E-state index in [4.69, 9.17) is 0 Å². The molecular weight excluding hydrogens is 450 g/mol. The fraction of sp³-hybridized carbons (Fsp3) is 0.154. The number of carbonyl (C=O) groups is 1. The molecule has 4 heterocycles. The Morgan fingerprint density at radius 3 is 2.74 bits per heavy atom. The van der Waals surface area contributed by atoms with Crippen LogP contribution in [0.5, 0.6) is 0 Å². The van der Waals surface area contributed by atoms with Gasteiger partial charge in [0.1, 0.15) is 11.6 Å². The monoisotopic (exact) mass is 470 g/mol. The van der Waals surface area contributed by atoms with Gasteiger partial charge in [-0.1, -0.05) is 0 Å². The van der Waals surface area contributed by atoms with E-state index in [0.717, 1.165) is 23.7 Å². The zero-order valence-electron chi connectivity index (χ0n) is 18.5. The van der Waals surface area contributed by atoms with Crippen LogP contribution < -0.4 is 10.2 Å². The largest absolute Gasteiger partial charge is 0.364 e. The van der Waals surface area contributed by atoms with Crippen molar-refractivity contribution in [3.8, 4) is 0 Å². The third-order valence-corrected chi connectivity index (χ3v) is 6.38. The number of halogens is 2. The maximum atomic E-state index is 14.5. The fourth-order valence-electron chi connectivity index (χ4n) is 4.73. The molecule has 1 aliphatic heterocycles. The number of carbonyl (C=O) groups excluding carboxylic acids is 1. The summed E-state index contributed by atoms with van der Waals surface area (Å²) >= 11 is 0. The Bertz CT molecular complexity index is 1580. The lowest BCUT2D eigenvalue weighted by Crippen LogP contribution is -2.23. The SMILES string of the molecule is O=C(Nc1ccc2nccnc2c1)c1cnn2ccc(N3CCC[C@@H]3c3cc(F)ccc3F)cc12. The van der Waals surface area contributed by atoms with Gasteiger partial charge in [-0.15, -0.1) is 0 Å². The number of benzene rings is 2. The first kappa shape index (κ1) is 21.2. The van der Waals surface area contributed by atoms with Gasteiger partial charge in [0.2, 0.25) is 0 Å². The molecule has 5 aromatic rings. The lowest BCUT2D eigenvalue weighted by Gasteiger charge is -2.27. The molecule has 35 heavy (non-hydrogen) atoms. The molecule has 7 nitrogen and oxygen atoms in total. The predicted molar refractivity (Wildman–Crippen MR) is 128 cm³/mol. The summed E-state index contributed by atoms with van der Waals surface area (Å²) in [4.78, 5) is 23.7. The van der Waals surface area contributed by atoms with E-state index in [-0.39, 0.29) is 11.9 Å². The van der Waals surface area contributed by atoms with E-state index < -0.39 is 11.6 Å². The van der Waals surface area contributed by atoms with Crippen molar-refractivity contribution in [2.24, 2.45) is 0 Å². The Kier molecular flexibility index (Phi) is 5.09. The Morgan fingerprint density at radius 1 is 1.00 bits per heavy atom. The van der Waals surface area contributed by atoms with Gasteiger partial charge >= 0.3 is 0 Å². The van der Waals surface area contributed by atoms with Crippen molar-refractivity contribution in [1.29, 1.82) is 0 Å². The number of amides is 1. The molecule has 0 aliphatic carbocycles. The van der Waals surface area contributed by atoms with Crippen LogP contribution in [0.1, 0.15) is 34.8 Å². The molecule has 3 aromatic heterocycles. The molecule has 0 unspecified atom stereocenters. The molecule has 9 heteroatoms. The first-order valence-electron chi connectivity index (χ1n) is 11.3. The van der Waals surface area contributed by atoms with Crippen molar-refractivity contribution >= 4 is 33.8 Å². The van der Waals surface area contributed by atoms with Gasteiger partial charge in [-0.3, -0.25) is 14.8 Å². The molecule has 174 valence electrons. The van der Waals surface area contributed by atoms with Gasteiger partial charge in [-0.25, -0.2) is 13.3 Å². The Hall–Kier alpha value is -4.40. The van der Waals surface area contributed by atoms with Crippen molar-refractivity contribution < 1.29 is 13.6 Å². The second-order valence-electron chi connectivity index (χ2n) is 8.50. The van der Waals surface area contributed by atoms with E-state index in [2.05, 4.69) is 25.3 Å². The Labute approximate surface area is 199 Å². The van der Waals surface area contributed by atoms with Gasteiger partial charge in [0, 0.05) is 42.1 Å². The molecule has 6 rings (SSSR count). The number of anilines is 2. The Morgan fingerprint density at radius 2 is 1.86 bits per heavy atom. The van der Waals surface area contributed by atoms with Crippen LogP contribution in [0, 0.1) is 11.6 Å². The van der Waals surface area contributed by atoms with Crippen molar-refractivity contribution in [3.63, 3.8) is 0 Å². The van der Waals surface area contributed by atoms with Crippen LogP contribution in [-0.4, -0.2) is 32.0 Å². The van der Waals surface area contributed by atoms with E-state index in [1.165, 1.54) is 18.3 Å². The van der Waals surface area contributed by atoms with Crippen molar-refractivity contribution in [2.45, 2.75) is 18.9 Å². The van der Waals surface area contributed by atoms with Crippen LogP contribution >= 0.6 is 0 Å². The molecule has 0 spiro atoms. The number of rotatable bonds is 4. The highest BCUT2D eigenvalue weighted by molar-refractivity contribution is 6.09. The second-order valence-corrected chi connectivity index (χ2v) is 8.50. The average Bonchev–Trinajstić information content (AvgIpc) is 3.52. The first-order chi connectivity index (χ1) is 17.1. The quantitative estimate of drug-likeness (QED) is 0.393. The van der Waals surface area contributed by atoms with Crippen LogP contribution in [-0.2, 0) is 0 Å². The molecule has 1 N–H and O–H groups in total. The fourth-order valence-corrected chi connectivity index (χ4v) is 4.73. The minimum absolute atomic E-state index is 0.285. The van der Waals surface area contributed by atoms with E-state index >= 15 is 0 Å². The third kappa shape index (κ3) is 3.84. The number of nitrogens with zero attached hydrogens (tertiary/aromatic N) is 5. The van der Waals surface area contributed by atoms with Gasteiger partial charge in [-0.2, -0.15) is 5.10 Å². The van der Waals surface area contributed by atoms with E-state index in [1.54, 1.807) is 41.3 Å². The summed E-state index contributed by atoms with van der Waals surface area (Å²) < 4.78 is 30.0. The van der Waals surface area contributed by atoms with Crippen LogP contribution in [0.2, 0.25) is 0 Å². The molecule has 1 fully saturated rings. The molecule has 2 aromatic carbocycles. The summed E-state index contributed by atoms with van der Waals surface area (Å²) in [5.74, 6) is -1.19. The van der Waals surface area contributed by atoms with Gasteiger partial charge in [-0.05, 0) is 61.4 Å². The minimum atomic E-state index is -0.460. The van der Waals surface area contributed by atoms with Crippen molar-refractivity contribution in [3.05, 3.63) is 96.1 Å². The third-order valence-electron chi connectivity index (χ3n) is 6.38. The minimum Gasteiger partial charge on any atom is -0.364 e. The van der Waals surface area contributed by atoms with Crippen LogP contribution in [0.25, 0.3) is 16.6 Å². The molecular formula is C26H20F2N6O. The molecule has 1 saturated heterocycles. The lowest BCUT2D eigenvalue weighted by atomic mass is 10.0. The van der Waals surface area contributed by atoms with Gasteiger partial charge < -0.3 is 10.2 Å².